The summed E-state index contributed by atoms with van der Waals surface area (Å²) in [6.45, 7) is 2.21. The molecular formula is C14H18ClNO4. The van der Waals surface area contributed by atoms with Crippen LogP contribution in [-0.2, 0) is 9.53 Å². The van der Waals surface area contributed by atoms with Crippen molar-refractivity contribution in [1.82, 2.24) is 5.32 Å². The van der Waals surface area contributed by atoms with Crippen LogP contribution in [-0.4, -0.2) is 36.7 Å². The smallest absolute Gasteiger partial charge is 0.326 e. The Bertz CT molecular complexity index is 490. The van der Waals surface area contributed by atoms with Crippen molar-refractivity contribution in [3.63, 3.8) is 0 Å². The number of carbonyl (C=O) groups is 2. The van der Waals surface area contributed by atoms with Gasteiger partial charge in [-0.3, -0.25) is 4.79 Å². The molecule has 5 nitrogen and oxygen atoms in total. The number of benzene rings is 1. The molecule has 0 aliphatic rings. The molecule has 0 saturated heterocycles. The zero-order valence-corrected chi connectivity index (χ0v) is 12.2. The second kappa shape index (κ2) is 7.87. The molecule has 0 spiro atoms. The van der Waals surface area contributed by atoms with Crippen molar-refractivity contribution in [2.24, 2.45) is 0 Å². The van der Waals surface area contributed by atoms with Crippen LogP contribution in [0, 0.1) is 6.92 Å². The molecule has 1 atom stereocenters. The first-order chi connectivity index (χ1) is 9.45. The number of carboxylic acids is 1. The van der Waals surface area contributed by atoms with Crippen molar-refractivity contribution in [1.29, 1.82) is 0 Å². The molecule has 1 unspecified atom stereocenters. The van der Waals surface area contributed by atoms with E-state index in [0.29, 0.717) is 35.6 Å². The first-order valence-corrected chi connectivity index (χ1v) is 6.62. The summed E-state index contributed by atoms with van der Waals surface area (Å²) in [7, 11) is 1.55. The minimum absolute atomic E-state index is 0.321. The Balaban J connectivity index is 2.72. The minimum atomic E-state index is -1.05. The van der Waals surface area contributed by atoms with Gasteiger partial charge in [0.25, 0.3) is 5.91 Å². The van der Waals surface area contributed by atoms with E-state index in [9.17, 15) is 9.59 Å². The molecule has 1 rings (SSSR count). The fourth-order valence-corrected chi connectivity index (χ4v) is 2.03. The highest BCUT2D eigenvalue weighted by Gasteiger charge is 2.21. The minimum Gasteiger partial charge on any atom is -0.480 e. The lowest BCUT2D eigenvalue weighted by Gasteiger charge is -2.15. The van der Waals surface area contributed by atoms with E-state index in [1.807, 2.05) is 0 Å². The summed E-state index contributed by atoms with van der Waals surface area (Å²) in [5.41, 5.74) is 1.13. The number of aliphatic carboxylic acids is 1. The quantitative estimate of drug-likeness (QED) is 0.757. The molecule has 0 saturated carbocycles. The van der Waals surface area contributed by atoms with Crippen molar-refractivity contribution in [3.8, 4) is 0 Å². The van der Waals surface area contributed by atoms with Gasteiger partial charge in [-0.05, 0) is 43.5 Å². The maximum absolute atomic E-state index is 12.1. The lowest BCUT2D eigenvalue weighted by Crippen LogP contribution is -2.41. The van der Waals surface area contributed by atoms with Crippen LogP contribution in [0.2, 0.25) is 5.02 Å². The average molecular weight is 300 g/mol. The van der Waals surface area contributed by atoms with Crippen LogP contribution < -0.4 is 5.32 Å². The van der Waals surface area contributed by atoms with Crippen LogP contribution >= 0.6 is 11.6 Å². The number of hydrogen-bond acceptors (Lipinski definition) is 3. The molecule has 1 amide bonds. The summed E-state index contributed by atoms with van der Waals surface area (Å²) in [5.74, 6) is -1.47. The lowest BCUT2D eigenvalue weighted by atomic mass is 10.1. The number of nitrogens with one attached hydrogen (secondary N) is 1. The first kappa shape index (κ1) is 16.5. The van der Waals surface area contributed by atoms with E-state index in [4.69, 9.17) is 21.4 Å². The lowest BCUT2D eigenvalue weighted by molar-refractivity contribution is -0.139. The highest BCUT2D eigenvalue weighted by atomic mass is 35.5. The number of ether oxygens (including phenoxy) is 1. The van der Waals surface area contributed by atoms with E-state index in [1.165, 1.54) is 0 Å². The normalized spacial score (nSPS) is 11.9. The molecule has 1 aromatic rings. The van der Waals surface area contributed by atoms with E-state index in [0.717, 1.165) is 0 Å². The predicted molar refractivity (Wildman–Crippen MR) is 76.2 cm³/mol. The molecule has 110 valence electrons. The summed E-state index contributed by atoms with van der Waals surface area (Å²) in [6.07, 6.45) is 0.884. The molecule has 0 radical (unpaired) electrons. The van der Waals surface area contributed by atoms with Crippen LogP contribution in [0.1, 0.15) is 28.8 Å². The molecule has 6 heteroatoms. The van der Waals surface area contributed by atoms with Crippen molar-refractivity contribution in [3.05, 3.63) is 34.3 Å². The Morgan fingerprint density at radius 3 is 2.70 bits per heavy atom. The van der Waals surface area contributed by atoms with E-state index in [2.05, 4.69) is 5.32 Å². The van der Waals surface area contributed by atoms with Crippen LogP contribution in [0.4, 0.5) is 0 Å². The number of hydrogen-bond donors (Lipinski definition) is 2. The van der Waals surface area contributed by atoms with Gasteiger partial charge < -0.3 is 15.2 Å². The zero-order valence-electron chi connectivity index (χ0n) is 11.5. The van der Waals surface area contributed by atoms with E-state index >= 15 is 0 Å². The van der Waals surface area contributed by atoms with Crippen LogP contribution in [0.15, 0.2) is 18.2 Å². The largest absolute Gasteiger partial charge is 0.480 e. The van der Waals surface area contributed by atoms with E-state index in [1.54, 1.807) is 32.2 Å². The molecule has 0 aliphatic carbocycles. The fourth-order valence-electron chi connectivity index (χ4n) is 1.81. The summed E-state index contributed by atoms with van der Waals surface area (Å²) >= 11 is 5.82. The molecule has 1 aromatic carbocycles. The summed E-state index contributed by atoms with van der Waals surface area (Å²) < 4.78 is 4.87. The zero-order chi connectivity index (χ0) is 15.1. The molecule has 20 heavy (non-hydrogen) atoms. The number of amides is 1. The third kappa shape index (κ3) is 4.83. The molecule has 0 aliphatic heterocycles. The second-order valence-corrected chi connectivity index (χ2v) is 4.89. The van der Waals surface area contributed by atoms with Crippen molar-refractivity contribution < 1.29 is 19.4 Å². The van der Waals surface area contributed by atoms with Gasteiger partial charge in [0.2, 0.25) is 0 Å². The third-order valence-corrected chi connectivity index (χ3v) is 3.11. The number of rotatable bonds is 7. The molecular weight excluding hydrogens is 282 g/mol. The van der Waals surface area contributed by atoms with Gasteiger partial charge in [0.05, 0.1) is 0 Å². The van der Waals surface area contributed by atoms with Gasteiger partial charge in [0, 0.05) is 24.3 Å². The highest BCUT2D eigenvalue weighted by molar-refractivity contribution is 6.30. The monoisotopic (exact) mass is 299 g/mol. The van der Waals surface area contributed by atoms with Gasteiger partial charge in [-0.2, -0.15) is 0 Å². The van der Waals surface area contributed by atoms with Gasteiger partial charge in [-0.1, -0.05) is 11.6 Å². The molecule has 0 fully saturated rings. The fraction of sp³-hybridized carbons (Fsp3) is 0.429. The number of methoxy groups -OCH3 is 1. The Morgan fingerprint density at radius 1 is 1.45 bits per heavy atom. The van der Waals surface area contributed by atoms with Gasteiger partial charge in [-0.25, -0.2) is 4.79 Å². The number of aryl methyl sites for hydroxylation is 1. The number of carbonyl (C=O) groups excluding carboxylic acids is 1. The Labute approximate surface area is 122 Å². The number of carboxylic acid groups (broad SMARTS) is 1. The van der Waals surface area contributed by atoms with Crippen LogP contribution in [0.5, 0.6) is 0 Å². The Hall–Kier alpha value is -1.59. The SMILES string of the molecule is COCCCC(NC(=O)c1ccc(Cl)cc1C)C(=O)O. The van der Waals surface area contributed by atoms with E-state index < -0.39 is 17.9 Å². The van der Waals surface area contributed by atoms with E-state index in [-0.39, 0.29) is 0 Å². The first-order valence-electron chi connectivity index (χ1n) is 6.24. The summed E-state index contributed by atoms with van der Waals surface area (Å²) in [5, 5.41) is 12.2. The van der Waals surface area contributed by atoms with Crippen molar-refractivity contribution in [2.75, 3.05) is 13.7 Å². The van der Waals surface area contributed by atoms with Gasteiger partial charge >= 0.3 is 5.97 Å². The standard InChI is InChI=1S/C14H18ClNO4/c1-9-8-10(15)5-6-11(9)13(17)16-12(14(18)19)4-3-7-20-2/h5-6,8,12H,3-4,7H2,1-2H3,(H,16,17)(H,18,19). The topological polar surface area (TPSA) is 75.6 Å². The maximum Gasteiger partial charge on any atom is 0.326 e. The van der Waals surface area contributed by atoms with Crippen LogP contribution in [0.3, 0.4) is 0 Å². The third-order valence-electron chi connectivity index (χ3n) is 2.88. The highest BCUT2D eigenvalue weighted by Crippen LogP contribution is 2.15. The van der Waals surface area contributed by atoms with Gasteiger partial charge in [-0.15, -0.1) is 0 Å². The second-order valence-electron chi connectivity index (χ2n) is 4.46. The predicted octanol–water partition coefficient (Wildman–Crippen LogP) is 2.26. The van der Waals surface area contributed by atoms with Crippen molar-refractivity contribution in [2.45, 2.75) is 25.8 Å². The number of halogens is 1. The summed E-state index contributed by atoms with van der Waals surface area (Å²) in [6, 6.07) is 3.93. The van der Waals surface area contributed by atoms with Gasteiger partial charge in [0.1, 0.15) is 6.04 Å². The molecule has 0 aromatic heterocycles. The Morgan fingerprint density at radius 2 is 2.15 bits per heavy atom. The summed E-state index contributed by atoms with van der Waals surface area (Å²) in [4.78, 5) is 23.2. The maximum atomic E-state index is 12.1. The average Bonchev–Trinajstić information content (AvgIpc) is 2.37. The molecule has 0 heterocycles. The molecule has 0 bridgehead atoms. The van der Waals surface area contributed by atoms with Crippen LogP contribution in [0.25, 0.3) is 0 Å². The Kier molecular flexibility index (Phi) is 6.48. The van der Waals surface area contributed by atoms with Gasteiger partial charge in [0.15, 0.2) is 0 Å². The molecule has 2 N–H and O–H groups in total. The van der Waals surface area contributed by atoms with Crippen molar-refractivity contribution >= 4 is 23.5 Å².